The minimum absolute atomic E-state index is 0.0599. The summed E-state index contributed by atoms with van der Waals surface area (Å²) >= 11 is 0. The number of fused-ring (bicyclic) bond motifs is 2. The summed E-state index contributed by atoms with van der Waals surface area (Å²) < 4.78 is 69.8. The lowest BCUT2D eigenvalue weighted by Gasteiger charge is -2.46. The molecular weight excluding hydrogens is 889 g/mol. The fraction of sp³-hybridized carbons (Fsp3) is 0.472. The van der Waals surface area contributed by atoms with Crippen molar-refractivity contribution in [2.45, 2.75) is 44.2 Å². The Morgan fingerprint density at radius 1 is 0.522 bits per heavy atom. The standard InChI is InChI=1S/C53H70N2O14/c1-54(23-20-36-30-46(64-9)52(66-11)53(67-12)49(36)39(54)27-34-15-16-40(58-3)41(28-34)59-4)21-13-25-68-47(56)17-18-48(57)69-26-14-22-55(2)24-19-35-29-42(60-5)43(61-6)33-38(35)50(55)37-31-44(62-7)51(65-10)45(32-37)63-8/h15-18,28-33,39,50H,13-14,19-27H2,1-12H3/q+2/b18-17-. The van der Waals surface area contributed by atoms with Crippen molar-refractivity contribution in [3.05, 3.63) is 94.1 Å². The number of rotatable bonds is 23. The van der Waals surface area contributed by atoms with E-state index in [9.17, 15) is 9.59 Å². The molecule has 374 valence electrons. The van der Waals surface area contributed by atoms with Crippen LogP contribution in [0, 0.1) is 0 Å². The minimum atomic E-state index is -0.624. The highest BCUT2D eigenvalue weighted by Gasteiger charge is 2.44. The zero-order chi connectivity index (χ0) is 49.9. The SMILES string of the molecule is COc1ccc(CC2c3c(cc(OC)c(OC)c3OC)CC[N+]2(C)CCCOC(=O)/C=C\C(=O)OCCC[N+]2(C)CCc3cc(OC)c(OC)cc3C2c2cc(OC)c(OC)c(OC)c2)cc1OC. The number of quaternary nitrogens is 2. The minimum Gasteiger partial charge on any atom is -0.493 e. The number of ether oxygens (including phenoxy) is 12. The molecule has 0 amide bonds. The molecule has 4 unspecified atom stereocenters. The first-order chi connectivity index (χ1) is 33.3. The summed E-state index contributed by atoms with van der Waals surface area (Å²) in [5.41, 5.74) is 6.44. The number of likely N-dealkylation sites (N-methyl/N-ethyl adjacent to an activating group) is 2. The van der Waals surface area contributed by atoms with Gasteiger partial charge in [-0.15, -0.1) is 0 Å². The Bertz CT molecular complexity index is 2450. The van der Waals surface area contributed by atoms with Gasteiger partial charge >= 0.3 is 11.9 Å². The summed E-state index contributed by atoms with van der Waals surface area (Å²) in [6.07, 6.45) is 5.61. The van der Waals surface area contributed by atoms with Gasteiger partial charge in [0, 0.05) is 55.4 Å². The predicted octanol–water partition coefficient (Wildman–Crippen LogP) is 7.27. The van der Waals surface area contributed by atoms with E-state index in [-0.39, 0.29) is 25.3 Å². The molecule has 2 aliphatic heterocycles. The van der Waals surface area contributed by atoms with Crippen molar-refractivity contribution in [1.29, 1.82) is 0 Å². The Balaban J connectivity index is 1.09. The van der Waals surface area contributed by atoms with Crippen LogP contribution in [0.2, 0.25) is 0 Å². The van der Waals surface area contributed by atoms with E-state index in [1.54, 1.807) is 71.1 Å². The number of carbonyl (C=O) groups excluding carboxylic acids is 2. The summed E-state index contributed by atoms with van der Waals surface area (Å²) in [6.45, 7) is 3.30. The van der Waals surface area contributed by atoms with E-state index in [1.165, 1.54) is 0 Å². The average Bonchev–Trinajstić information content (AvgIpc) is 3.37. The summed E-state index contributed by atoms with van der Waals surface area (Å²) in [5, 5.41) is 0. The van der Waals surface area contributed by atoms with Gasteiger partial charge in [0.2, 0.25) is 11.5 Å². The molecule has 0 saturated carbocycles. The molecule has 16 nitrogen and oxygen atoms in total. The highest BCUT2D eigenvalue weighted by Crippen LogP contribution is 2.51. The van der Waals surface area contributed by atoms with E-state index in [0.717, 1.165) is 71.5 Å². The Labute approximate surface area is 406 Å². The van der Waals surface area contributed by atoms with Gasteiger partial charge in [-0.3, -0.25) is 0 Å². The second-order valence-corrected chi connectivity index (χ2v) is 17.6. The summed E-state index contributed by atoms with van der Waals surface area (Å²) in [7, 11) is 20.6. The molecule has 16 heteroatoms. The number of benzene rings is 4. The molecule has 0 bridgehead atoms. The van der Waals surface area contributed by atoms with E-state index in [4.69, 9.17) is 56.8 Å². The van der Waals surface area contributed by atoms with Crippen LogP contribution in [0.4, 0.5) is 0 Å². The summed E-state index contributed by atoms with van der Waals surface area (Å²) in [6, 6.07) is 15.8. The molecule has 0 N–H and O–H groups in total. The second kappa shape index (κ2) is 23.2. The molecule has 4 atom stereocenters. The maximum absolute atomic E-state index is 12.9. The smallest absolute Gasteiger partial charge is 0.331 e. The molecule has 0 saturated heterocycles. The molecule has 0 radical (unpaired) electrons. The molecule has 4 aromatic carbocycles. The average molecular weight is 959 g/mol. The molecule has 4 aromatic rings. The monoisotopic (exact) mass is 958 g/mol. The lowest BCUT2D eigenvalue weighted by Crippen LogP contribution is -2.52. The molecule has 0 aromatic heterocycles. The number of nitrogens with zero attached hydrogens (tertiary/aromatic N) is 2. The Kier molecular flexibility index (Phi) is 17.4. The van der Waals surface area contributed by atoms with Crippen LogP contribution in [0.15, 0.2) is 60.7 Å². The largest absolute Gasteiger partial charge is 0.493 e. The van der Waals surface area contributed by atoms with Crippen LogP contribution in [-0.4, -0.2) is 145 Å². The Morgan fingerprint density at radius 2 is 1.00 bits per heavy atom. The van der Waals surface area contributed by atoms with Crippen molar-refractivity contribution < 1.29 is 75.4 Å². The third-order valence-electron chi connectivity index (χ3n) is 13.7. The van der Waals surface area contributed by atoms with Crippen molar-refractivity contribution in [3.8, 4) is 57.5 Å². The number of carbonyl (C=O) groups is 2. The first-order valence-corrected chi connectivity index (χ1v) is 23.1. The van der Waals surface area contributed by atoms with Crippen LogP contribution < -0.4 is 47.4 Å². The molecule has 0 aliphatic carbocycles. The molecule has 69 heavy (non-hydrogen) atoms. The molecular formula is C53H70N2O14+2. The fourth-order valence-electron chi connectivity index (χ4n) is 10.2. The Morgan fingerprint density at radius 3 is 1.55 bits per heavy atom. The van der Waals surface area contributed by atoms with Crippen LogP contribution in [-0.2, 0) is 38.3 Å². The van der Waals surface area contributed by atoms with Crippen molar-refractivity contribution in [2.75, 3.05) is 125 Å². The molecule has 0 fully saturated rings. The molecule has 0 spiro atoms. The zero-order valence-electron chi connectivity index (χ0n) is 42.3. The van der Waals surface area contributed by atoms with Crippen LogP contribution in [0.25, 0.3) is 0 Å². The maximum Gasteiger partial charge on any atom is 0.331 e. The van der Waals surface area contributed by atoms with Gasteiger partial charge in [-0.25, -0.2) is 9.59 Å². The third kappa shape index (κ3) is 11.2. The third-order valence-corrected chi connectivity index (χ3v) is 13.7. The number of esters is 2. The van der Waals surface area contributed by atoms with E-state index in [2.05, 4.69) is 14.1 Å². The lowest BCUT2D eigenvalue weighted by atomic mass is 9.85. The van der Waals surface area contributed by atoms with Gasteiger partial charge in [0.1, 0.15) is 12.1 Å². The quantitative estimate of drug-likeness (QED) is 0.0318. The fourth-order valence-corrected chi connectivity index (χ4v) is 10.2. The van der Waals surface area contributed by atoms with Gasteiger partial charge in [-0.05, 0) is 59.2 Å². The van der Waals surface area contributed by atoms with Crippen molar-refractivity contribution in [3.63, 3.8) is 0 Å². The highest BCUT2D eigenvalue weighted by molar-refractivity contribution is 5.91. The van der Waals surface area contributed by atoms with Gasteiger partial charge in [0.25, 0.3) is 0 Å². The van der Waals surface area contributed by atoms with Gasteiger partial charge in [-0.2, -0.15) is 0 Å². The predicted molar refractivity (Wildman–Crippen MR) is 259 cm³/mol. The zero-order valence-corrected chi connectivity index (χ0v) is 42.3. The number of hydrogen-bond donors (Lipinski definition) is 0. The number of hydrogen-bond acceptors (Lipinski definition) is 14. The van der Waals surface area contributed by atoms with Crippen LogP contribution in [0.3, 0.4) is 0 Å². The topological polar surface area (TPSA) is 145 Å². The summed E-state index contributed by atoms with van der Waals surface area (Å²) in [4.78, 5) is 25.8. The molecule has 2 aliphatic rings. The van der Waals surface area contributed by atoms with E-state index in [1.807, 2.05) is 48.5 Å². The van der Waals surface area contributed by atoms with Gasteiger partial charge in [0.15, 0.2) is 46.0 Å². The van der Waals surface area contributed by atoms with Gasteiger partial charge < -0.3 is 65.8 Å². The normalized spacial score (nSPS) is 19.4. The molecule has 6 rings (SSSR count). The van der Waals surface area contributed by atoms with Crippen molar-refractivity contribution in [1.82, 2.24) is 0 Å². The Hall–Kier alpha value is -6.52. The van der Waals surface area contributed by atoms with E-state index >= 15 is 0 Å². The number of methoxy groups -OCH3 is 10. The van der Waals surface area contributed by atoms with E-state index in [0.29, 0.717) is 98.8 Å². The first kappa shape index (κ1) is 51.9. The maximum atomic E-state index is 12.9. The van der Waals surface area contributed by atoms with E-state index < -0.39 is 11.9 Å². The molecule has 2 heterocycles. The van der Waals surface area contributed by atoms with Crippen LogP contribution >= 0.6 is 0 Å². The van der Waals surface area contributed by atoms with Crippen LogP contribution in [0.5, 0.6) is 57.5 Å². The van der Waals surface area contributed by atoms with Crippen molar-refractivity contribution >= 4 is 11.9 Å². The van der Waals surface area contributed by atoms with Gasteiger partial charge in [0.05, 0.1) is 130 Å². The lowest BCUT2D eigenvalue weighted by molar-refractivity contribution is -0.941. The van der Waals surface area contributed by atoms with Gasteiger partial charge in [-0.1, -0.05) is 6.07 Å². The van der Waals surface area contributed by atoms with Crippen molar-refractivity contribution in [2.24, 2.45) is 0 Å². The first-order valence-electron chi connectivity index (χ1n) is 23.1. The highest BCUT2D eigenvalue weighted by atomic mass is 16.6. The summed E-state index contributed by atoms with van der Waals surface area (Å²) in [5.74, 6) is 4.75. The second-order valence-electron chi connectivity index (χ2n) is 17.6. The van der Waals surface area contributed by atoms with Crippen LogP contribution in [0.1, 0.15) is 58.3 Å².